The van der Waals surface area contributed by atoms with Crippen molar-refractivity contribution in [2.75, 3.05) is 7.11 Å². The zero-order valence-corrected chi connectivity index (χ0v) is 12.5. The van der Waals surface area contributed by atoms with Gasteiger partial charge < -0.3 is 9.84 Å². The fourth-order valence-electron chi connectivity index (χ4n) is 1.83. The van der Waals surface area contributed by atoms with Gasteiger partial charge in [-0.25, -0.2) is 0 Å². The lowest BCUT2D eigenvalue weighted by Crippen LogP contribution is -2.01. The van der Waals surface area contributed by atoms with E-state index in [2.05, 4.69) is 15.9 Å². The lowest BCUT2D eigenvalue weighted by molar-refractivity contribution is 0.176. The summed E-state index contributed by atoms with van der Waals surface area (Å²) in [5, 5.41) is 10.2. The van der Waals surface area contributed by atoms with Gasteiger partial charge in [0.2, 0.25) is 0 Å². The van der Waals surface area contributed by atoms with Crippen molar-refractivity contribution in [1.29, 1.82) is 0 Å². The number of ether oxygens (including phenoxy) is 1. The van der Waals surface area contributed by atoms with E-state index >= 15 is 0 Å². The predicted octanol–water partition coefficient (Wildman–Crippen LogP) is 3.93. The van der Waals surface area contributed by atoms with E-state index in [-0.39, 0.29) is 0 Å². The first-order chi connectivity index (χ1) is 8.69. The third-order valence-electron chi connectivity index (χ3n) is 2.67. The van der Waals surface area contributed by atoms with Gasteiger partial charge in [0.25, 0.3) is 0 Å². The Morgan fingerprint density at radius 3 is 2.83 bits per heavy atom. The Balaban J connectivity index is 2.08. The van der Waals surface area contributed by atoms with Gasteiger partial charge >= 0.3 is 0 Å². The second kappa shape index (κ2) is 6.48. The molecule has 1 atom stereocenters. The highest BCUT2D eigenvalue weighted by atomic mass is 79.9. The minimum atomic E-state index is -0.465. The van der Waals surface area contributed by atoms with Crippen LogP contribution in [0.2, 0.25) is 0 Å². The topological polar surface area (TPSA) is 29.5 Å². The molecule has 0 aliphatic heterocycles. The van der Waals surface area contributed by atoms with Crippen LogP contribution >= 0.6 is 27.3 Å². The molecule has 1 N–H and O–H groups in total. The molecule has 1 aromatic carbocycles. The highest BCUT2D eigenvalue weighted by molar-refractivity contribution is 9.11. The van der Waals surface area contributed by atoms with Crippen molar-refractivity contribution >= 4 is 27.3 Å². The molecule has 0 saturated heterocycles. The van der Waals surface area contributed by atoms with Crippen molar-refractivity contribution in [1.82, 2.24) is 0 Å². The van der Waals surface area contributed by atoms with Crippen LogP contribution in [0, 0.1) is 0 Å². The Labute approximate surface area is 119 Å². The van der Waals surface area contributed by atoms with Crippen molar-refractivity contribution < 1.29 is 9.84 Å². The van der Waals surface area contributed by atoms with E-state index in [1.54, 1.807) is 18.4 Å². The van der Waals surface area contributed by atoms with E-state index < -0.39 is 6.10 Å². The molecule has 96 valence electrons. The second-order valence-electron chi connectivity index (χ2n) is 4.10. The van der Waals surface area contributed by atoms with Crippen LogP contribution in [0.5, 0.6) is 0 Å². The van der Waals surface area contributed by atoms with Crippen LogP contribution in [0.4, 0.5) is 0 Å². The molecule has 2 nitrogen and oxygen atoms in total. The van der Waals surface area contributed by atoms with Gasteiger partial charge in [0.05, 0.1) is 16.5 Å². The molecular weight excluding hydrogens is 312 g/mol. The SMILES string of the molecule is COCc1cccc(C(O)Cc2ccc(Br)s2)c1. The molecule has 0 amide bonds. The summed E-state index contributed by atoms with van der Waals surface area (Å²) in [5.74, 6) is 0. The maximum absolute atomic E-state index is 10.2. The van der Waals surface area contributed by atoms with Crippen LogP contribution in [0.3, 0.4) is 0 Å². The average Bonchev–Trinajstić information content (AvgIpc) is 2.75. The molecule has 18 heavy (non-hydrogen) atoms. The van der Waals surface area contributed by atoms with Gasteiger partial charge in [0, 0.05) is 18.4 Å². The fraction of sp³-hybridized carbons (Fsp3) is 0.286. The van der Waals surface area contributed by atoms with Crippen LogP contribution in [0.15, 0.2) is 40.2 Å². The first kappa shape index (κ1) is 13.7. The number of hydrogen-bond acceptors (Lipinski definition) is 3. The van der Waals surface area contributed by atoms with E-state index in [4.69, 9.17) is 4.74 Å². The second-order valence-corrected chi connectivity index (χ2v) is 6.65. The summed E-state index contributed by atoms with van der Waals surface area (Å²) in [6.07, 6.45) is 0.180. The summed E-state index contributed by atoms with van der Waals surface area (Å²) in [6, 6.07) is 12.0. The van der Waals surface area contributed by atoms with Gasteiger partial charge in [-0.15, -0.1) is 11.3 Å². The van der Waals surface area contributed by atoms with Crippen LogP contribution < -0.4 is 0 Å². The number of hydrogen-bond donors (Lipinski definition) is 1. The van der Waals surface area contributed by atoms with Crippen LogP contribution in [-0.2, 0) is 17.8 Å². The molecule has 4 heteroatoms. The zero-order chi connectivity index (χ0) is 13.0. The Hall–Kier alpha value is -0.680. The average molecular weight is 327 g/mol. The molecule has 0 bridgehead atoms. The Morgan fingerprint density at radius 1 is 1.33 bits per heavy atom. The highest BCUT2D eigenvalue weighted by Gasteiger charge is 2.10. The van der Waals surface area contributed by atoms with Gasteiger partial charge in [0.15, 0.2) is 0 Å². The highest BCUT2D eigenvalue weighted by Crippen LogP contribution is 2.27. The number of halogens is 1. The smallest absolute Gasteiger partial charge is 0.0838 e. The first-order valence-electron chi connectivity index (χ1n) is 5.69. The van der Waals surface area contributed by atoms with Gasteiger partial charge in [-0.3, -0.25) is 0 Å². The summed E-state index contributed by atoms with van der Waals surface area (Å²) in [6.45, 7) is 0.575. The third kappa shape index (κ3) is 3.65. The Kier molecular flexibility index (Phi) is 4.95. The molecule has 2 rings (SSSR count). The predicted molar refractivity (Wildman–Crippen MR) is 77.8 cm³/mol. The maximum atomic E-state index is 10.2. The van der Waals surface area contributed by atoms with Crippen molar-refractivity contribution in [3.05, 3.63) is 56.2 Å². The van der Waals surface area contributed by atoms with Gasteiger partial charge in [-0.1, -0.05) is 24.3 Å². The van der Waals surface area contributed by atoms with Crippen molar-refractivity contribution in [3.63, 3.8) is 0 Å². The normalized spacial score (nSPS) is 12.6. The van der Waals surface area contributed by atoms with E-state index in [1.807, 2.05) is 36.4 Å². The lowest BCUT2D eigenvalue weighted by atomic mass is 10.0. The Bertz CT molecular complexity index is 510. The molecule has 1 unspecified atom stereocenters. The van der Waals surface area contributed by atoms with Gasteiger partial charge in [-0.2, -0.15) is 0 Å². The first-order valence-corrected chi connectivity index (χ1v) is 7.30. The molecule has 1 aromatic heterocycles. The lowest BCUT2D eigenvalue weighted by Gasteiger charge is -2.11. The molecular formula is C14H15BrO2S. The van der Waals surface area contributed by atoms with Crippen LogP contribution in [0.25, 0.3) is 0 Å². The Morgan fingerprint density at radius 2 is 2.17 bits per heavy atom. The molecule has 0 aliphatic carbocycles. The molecule has 0 radical (unpaired) electrons. The molecule has 0 fully saturated rings. The standard InChI is InChI=1S/C14H15BrO2S/c1-17-9-10-3-2-4-11(7-10)13(16)8-12-5-6-14(15)18-12/h2-7,13,16H,8-9H2,1H3. The molecule has 2 aromatic rings. The quantitative estimate of drug-likeness (QED) is 0.901. The van der Waals surface area contributed by atoms with Crippen LogP contribution in [0.1, 0.15) is 22.1 Å². The number of aliphatic hydroxyl groups is 1. The van der Waals surface area contributed by atoms with Gasteiger partial charge in [0.1, 0.15) is 0 Å². The van der Waals surface area contributed by atoms with Crippen LogP contribution in [-0.4, -0.2) is 12.2 Å². The number of benzene rings is 1. The maximum Gasteiger partial charge on any atom is 0.0838 e. The number of thiophene rings is 1. The summed E-state index contributed by atoms with van der Waals surface area (Å²) >= 11 is 5.09. The molecule has 0 aliphatic rings. The summed E-state index contributed by atoms with van der Waals surface area (Å²) in [5.41, 5.74) is 2.02. The largest absolute Gasteiger partial charge is 0.388 e. The van der Waals surface area contributed by atoms with Gasteiger partial charge in [-0.05, 0) is 39.2 Å². The molecule has 1 heterocycles. The summed E-state index contributed by atoms with van der Waals surface area (Å²) in [4.78, 5) is 1.17. The minimum absolute atomic E-state index is 0.465. The molecule has 0 saturated carbocycles. The monoisotopic (exact) mass is 326 g/mol. The minimum Gasteiger partial charge on any atom is -0.388 e. The zero-order valence-electron chi connectivity index (χ0n) is 10.1. The van der Waals surface area contributed by atoms with Crippen molar-refractivity contribution in [2.45, 2.75) is 19.1 Å². The molecule has 0 spiro atoms. The number of methoxy groups -OCH3 is 1. The van der Waals surface area contributed by atoms with E-state index in [1.165, 1.54) is 4.88 Å². The van der Waals surface area contributed by atoms with E-state index in [0.717, 1.165) is 14.9 Å². The third-order valence-corrected chi connectivity index (χ3v) is 4.32. The fourth-order valence-corrected chi connectivity index (χ4v) is 3.35. The summed E-state index contributed by atoms with van der Waals surface area (Å²) in [7, 11) is 1.67. The summed E-state index contributed by atoms with van der Waals surface area (Å²) < 4.78 is 6.19. The van der Waals surface area contributed by atoms with E-state index in [0.29, 0.717) is 13.0 Å². The number of aliphatic hydroxyl groups excluding tert-OH is 1. The number of rotatable bonds is 5. The van der Waals surface area contributed by atoms with Crippen molar-refractivity contribution in [2.24, 2.45) is 0 Å². The van der Waals surface area contributed by atoms with Crippen molar-refractivity contribution in [3.8, 4) is 0 Å². The van der Waals surface area contributed by atoms with E-state index in [9.17, 15) is 5.11 Å².